The second kappa shape index (κ2) is 62.2. The Bertz CT molecular complexity index is 1600. The Morgan fingerprint density at radius 2 is 0.753 bits per heavy atom. The zero-order valence-electron chi connectivity index (χ0n) is 54.0. The molecule has 0 saturated carbocycles. The fraction of sp³-hybridized carbons (Fsp3) is 0.792. The highest BCUT2D eigenvalue weighted by atomic mass is 31.2. The van der Waals surface area contributed by atoms with E-state index in [0.717, 1.165) is 77.0 Å². The molecule has 3 atom stereocenters. The molecule has 472 valence electrons. The Hall–Kier alpha value is -2.32. The third-order valence-electron chi connectivity index (χ3n) is 15.4. The molecule has 0 aromatic carbocycles. The molecule has 0 saturated heterocycles. The quantitative estimate of drug-likeness (QED) is 0.0272. The Morgan fingerprint density at radius 1 is 0.444 bits per heavy atom. The third kappa shape index (κ3) is 65.1. The van der Waals surface area contributed by atoms with Crippen molar-refractivity contribution in [2.45, 2.75) is 328 Å². The molecule has 0 bridgehead atoms. The fourth-order valence-corrected chi connectivity index (χ4v) is 10.8. The van der Waals surface area contributed by atoms with Crippen LogP contribution in [0.4, 0.5) is 0 Å². The highest BCUT2D eigenvalue weighted by Gasteiger charge is 2.23. The van der Waals surface area contributed by atoms with Crippen molar-refractivity contribution in [3.8, 4) is 0 Å². The molecule has 3 unspecified atom stereocenters. The van der Waals surface area contributed by atoms with Gasteiger partial charge in [-0.1, -0.05) is 324 Å². The second-order valence-corrected chi connectivity index (χ2v) is 25.9. The summed E-state index contributed by atoms with van der Waals surface area (Å²) in [5, 5.41) is 13.9. The predicted octanol–water partition coefficient (Wildman–Crippen LogP) is 21.3. The van der Waals surface area contributed by atoms with Crippen LogP contribution in [0.2, 0.25) is 0 Å². The molecule has 8 nitrogen and oxygen atoms in total. The first kappa shape index (κ1) is 78.7. The predicted molar refractivity (Wildman–Crippen MR) is 353 cm³/mol. The van der Waals surface area contributed by atoms with Crippen molar-refractivity contribution < 1.29 is 32.9 Å². The Morgan fingerprint density at radius 3 is 1.10 bits per heavy atom. The average molecular weight is 1150 g/mol. The largest absolute Gasteiger partial charge is 0.756 e. The van der Waals surface area contributed by atoms with Gasteiger partial charge in [-0.15, -0.1) is 0 Å². The summed E-state index contributed by atoms with van der Waals surface area (Å²) in [7, 11) is 1.27. The summed E-state index contributed by atoms with van der Waals surface area (Å²) >= 11 is 0. The molecule has 0 spiro atoms. The standard InChI is InChI=1S/C72H133N2O6P/c1-6-8-10-12-14-16-18-20-22-24-26-28-29-30-31-32-33-34-35-36-37-38-39-40-41-42-43-44-45-46-48-50-52-54-56-58-60-62-64-66-72(76)73-70(69-80-81(77,78)79-68-67-74(3,4)5)71(75)65-63-61-59-57-55-53-51-49-47-27-25-23-21-19-17-15-13-11-9-7-2/h8,10,14,16,20,22,26,28,30-31,33-34,63,65,70-71,75H,6-7,9,11-13,15,17-19,21,23-25,27,29,32,35-62,64,66-69H2,1-5H3,(H-,73,76,77,78)/b10-8-,16-14-,22-20-,28-26-,31-30-,34-33-,65-63+. The third-order valence-corrected chi connectivity index (χ3v) is 16.3. The molecule has 0 aliphatic rings. The zero-order chi connectivity index (χ0) is 59.1. The lowest BCUT2D eigenvalue weighted by Gasteiger charge is -2.29. The molecule has 0 aromatic rings. The van der Waals surface area contributed by atoms with Crippen LogP contribution < -0.4 is 10.2 Å². The topological polar surface area (TPSA) is 108 Å². The Kier molecular flexibility index (Phi) is 60.4. The van der Waals surface area contributed by atoms with Gasteiger partial charge in [-0.2, -0.15) is 0 Å². The maximum absolute atomic E-state index is 13.0. The first-order chi connectivity index (χ1) is 39.5. The number of unbranched alkanes of at least 4 members (excludes halogenated alkanes) is 38. The van der Waals surface area contributed by atoms with E-state index in [1.807, 2.05) is 27.2 Å². The maximum atomic E-state index is 13.0. The van der Waals surface area contributed by atoms with Crippen molar-refractivity contribution in [3.63, 3.8) is 0 Å². The number of aliphatic hydroxyl groups excluding tert-OH is 1. The molecular formula is C72H133N2O6P. The summed E-state index contributed by atoms with van der Waals surface area (Å²) in [6, 6.07) is -0.889. The number of rotatable bonds is 63. The Labute approximate surface area is 503 Å². The number of allylic oxidation sites excluding steroid dienone is 13. The molecule has 2 N–H and O–H groups in total. The van der Waals surface area contributed by atoms with Crippen LogP contribution in [0.15, 0.2) is 85.1 Å². The van der Waals surface area contributed by atoms with E-state index in [1.54, 1.807) is 6.08 Å². The SMILES string of the molecule is CC/C=C\C/C=C\C/C=C\C/C=C\C/C=C\C/C=C\CCCCCCCCCCCCCCCCCCCCCCC(=O)NC(COP(=O)([O-])OCC[N+](C)(C)C)C(O)/C=C/CCCCCCCCCCCCCCCCCCCC. The number of nitrogens with zero attached hydrogens (tertiary/aromatic N) is 1. The van der Waals surface area contributed by atoms with Gasteiger partial charge in [0.15, 0.2) is 0 Å². The fourth-order valence-electron chi connectivity index (χ4n) is 10.0. The maximum Gasteiger partial charge on any atom is 0.268 e. The molecule has 0 heterocycles. The van der Waals surface area contributed by atoms with Crippen molar-refractivity contribution in [3.05, 3.63) is 85.1 Å². The summed E-state index contributed by atoms with van der Waals surface area (Å²) < 4.78 is 23.4. The first-order valence-electron chi connectivity index (χ1n) is 34.4. The van der Waals surface area contributed by atoms with E-state index in [1.165, 1.54) is 218 Å². The number of nitrogens with one attached hydrogen (secondary N) is 1. The van der Waals surface area contributed by atoms with Crippen LogP contribution in [0.25, 0.3) is 0 Å². The van der Waals surface area contributed by atoms with Gasteiger partial charge >= 0.3 is 0 Å². The number of carbonyl (C=O) groups is 1. The molecule has 0 radical (unpaired) electrons. The highest BCUT2D eigenvalue weighted by molar-refractivity contribution is 7.45. The van der Waals surface area contributed by atoms with Crippen LogP contribution >= 0.6 is 7.82 Å². The molecule has 9 heteroatoms. The van der Waals surface area contributed by atoms with Gasteiger partial charge in [0.1, 0.15) is 13.2 Å². The van der Waals surface area contributed by atoms with E-state index in [0.29, 0.717) is 17.4 Å². The molecule has 0 rings (SSSR count). The van der Waals surface area contributed by atoms with Crippen LogP contribution in [-0.4, -0.2) is 68.5 Å². The van der Waals surface area contributed by atoms with Gasteiger partial charge in [0, 0.05) is 6.42 Å². The lowest BCUT2D eigenvalue weighted by molar-refractivity contribution is -0.870. The second-order valence-electron chi connectivity index (χ2n) is 24.5. The Balaban J connectivity index is 3.99. The number of hydrogen-bond donors (Lipinski definition) is 2. The number of likely N-dealkylation sites (N-methyl/N-ethyl adjacent to an activating group) is 1. The first-order valence-corrected chi connectivity index (χ1v) is 35.9. The lowest BCUT2D eigenvalue weighted by Crippen LogP contribution is -2.45. The minimum absolute atomic E-state index is 0.00123. The van der Waals surface area contributed by atoms with Gasteiger partial charge in [0.25, 0.3) is 7.82 Å². The van der Waals surface area contributed by atoms with E-state index in [-0.39, 0.29) is 19.1 Å². The van der Waals surface area contributed by atoms with Crippen LogP contribution in [0.3, 0.4) is 0 Å². The van der Waals surface area contributed by atoms with Gasteiger partial charge in [0.05, 0.1) is 39.9 Å². The van der Waals surface area contributed by atoms with Crippen LogP contribution in [0.5, 0.6) is 0 Å². The number of phosphoric ester groups is 1. The van der Waals surface area contributed by atoms with E-state index in [4.69, 9.17) is 9.05 Å². The molecule has 1 amide bonds. The van der Waals surface area contributed by atoms with Gasteiger partial charge in [0.2, 0.25) is 5.91 Å². The molecule has 0 aromatic heterocycles. The molecular weight excluding hydrogens is 1020 g/mol. The van der Waals surface area contributed by atoms with E-state index >= 15 is 0 Å². The number of hydrogen-bond acceptors (Lipinski definition) is 6. The summed E-state index contributed by atoms with van der Waals surface area (Å²) in [5.41, 5.74) is 0. The smallest absolute Gasteiger partial charge is 0.268 e. The van der Waals surface area contributed by atoms with E-state index in [9.17, 15) is 19.4 Å². The monoisotopic (exact) mass is 1150 g/mol. The molecule has 0 aliphatic carbocycles. The number of amides is 1. The summed E-state index contributed by atoms with van der Waals surface area (Å²) in [6.07, 6.45) is 88.4. The van der Waals surface area contributed by atoms with Gasteiger partial charge in [-0.3, -0.25) is 9.36 Å². The summed E-state index contributed by atoms with van der Waals surface area (Å²) in [6.45, 7) is 4.57. The minimum Gasteiger partial charge on any atom is -0.756 e. The number of quaternary nitrogens is 1. The number of aliphatic hydroxyl groups is 1. The molecule has 0 aliphatic heterocycles. The zero-order valence-corrected chi connectivity index (χ0v) is 54.9. The van der Waals surface area contributed by atoms with Gasteiger partial charge in [-0.05, 0) is 70.6 Å². The van der Waals surface area contributed by atoms with E-state index in [2.05, 4.69) is 92.1 Å². The number of carbonyl (C=O) groups excluding carboxylic acids is 1. The highest BCUT2D eigenvalue weighted by Crippen LogP contribution is 2.38. The van der Waals surface area contributed by atoms with Crippen molar-refractivity contribution in [1.82, 2.24) is 5.32 Å². The van der Waals surface area contributed by atoms with Gasteiger partial charge in [-0.25, -0.2) is 0 Å². The van der Waals surface area contributed by atoms with E-state index < -0.39 is 20.0 Å². The van der Waals surface area contributed by atoms with Crippen LogP contribution in [-0.2, 0) is 18.4 Å². The minimum atomic E-state index is -4.60. The van der Waals surface area contributed by atoms with Crippen LogP contribution in [0, 0.1) is 0 Å². The molecule has 0 fully saturated rings. The molecule has 81 heavy (non-hydrogen) atoms. The van der Waals surface area contributed by atoms with Crippen molar-refractivity contribution in [2.24, 2.45) is 0 Å². The lowest BCUT2D eigenvalue weighted by atomic mass is 10.0. The van der Waals surface area contributed by atoms with Crippen molar-refractivity contribution >= 4 is 13.7 Å². The summed E-state index contributed by atoms with van der Waals surface area (Å²) in [4.78, 5) is 25.6. The van der Waals surface area contributed by atoms with Crippen LogP contribution in [0.1, 0.15) is 316 Å². The average Bonchev–Trinajstić information content (AvgIpc) is 3.43. The van der Waals surface area contributed by atoms with Crippen molar-refractivity contribution in [1.29, 1.82) is 0 Å². The normalized spacial score (nSPS) is 14.2. The van der Waals surface area contributed by atoms with Gasteiger partial charge < -0.3 is 28.8 Å². The number of phosphoric acid groups is 1. The summed E-state index contributed by atoms with van der Waals surface area (Å²) in [5.74, 6) is -0.194. The van der Waals surface area contributed by atoms with Crippen molar-refractivity contribution in [2.75, 3.05) is 40.9 Å².